The van der Waals surface area contributed by atoms with Crippen LogP contribution in [0.1, 0.15) is 41.8 Å². The molecule has 4 heteroatoms. The van der Waals surface area contributed by atoms with E-state index in [2.05, 4.69) is 19.2 Å². The molecule has 0 heterocycles. The lowest BCUT2D eigenvalue weighted by atomic mass is 9.97. The van der Waals surface area contributed by atoms with E-state index in [1.54, 1.807) is 12.1 Å². The predicted molar refractivity (Wildman–Crippen MR) is 99.7 cm³/mol. The van der Waals surface area contributed by atoms with Crippen LogP contribution >= 0.6 is 11.6 Å². The van der Waals surface area contributed by atoms with Crippen molar-refractivity contribution in [1.29, 1.82) is 0 Å². The predicted octanol–water partition coefficient (Wildman–Crippen LogP) is 5.15. The third kappa shape index (κ3) is 4.83. The number of halogens is 1. The van der Waals surface area contributed by atoms with Crippen LogP contribution in [-0.2, 0) is 6.54 Å². The molecule has 0 amide bonds. The number of carboxylic acid groups (broad SMARTS) is 1. The van der Waals surface area contributed by atoms with E-state index in [9.17, 15) is 4.79 Å². The fraction of sp³-hybridized carbons (Fsp3) is 0.350. The van der Waals surface area contributed by atoms with Crippen molar-refractivity contribution in [3.63, 3.8) is 0 Å². The maximum absolute atomic E-state index is 11.0. The van der Waals surface area contributed by atoms with Crippen LogP contribution < -0.4 is 5.32 Å². The van der Waals surface area contributed by atoms with Gasteiger partial charge in [0.25, 0.3) is 0 Å². The van der Waals surface area contributed by atoms with Crippen molar-refractivity contribution >= 4 is 17.6 Å². The van der Waals surface area contributed by atoms with E-state index in [1.807, 2.05) is 31.2 Å². The molecule has 128 valence electrons. The van der Waals surface area contributed by atoms with E-state index in [0.717, 1.165) is 46.8 Å². The number of hydrogen-bond acceptors (Lipinski definition) is 2. The number of hydrogen-bond donors (Lipinski definition) is 2. The molecule has 0 saturated heterocycles. The number of carbonyl (C=O) groups is 1. The van der Waals surface area contributed by atoms with E-state index in [-0.39, 0.29) is 0 Å². The van der Waals surface area contributed by atoms with Crippen LogP contribution in [0.15, 0.2) is 36.4 Å². The fourth-order valence-electron chi connectivity index (χ4n) is 2.59. The van der Waals surface area contributed by atoms with Crippen molar-refractivity contribution in [2.45, 2.75) is 33.7 Å². The summed E-state index contributed by atoms with van der Waals surface area (Å²) in [5.74, 6) is -0.224. The Balaban J connectivity index is 2.13. The third-order valence-electron chi connectivity index (χ3n) is 4.05. The molecule has 0 fully saturated rings. The molecule has 0 atom stereocenters. The van der Waals surface area contributed by atoms with Crippen LogP contribution in [0, 0.1) is 12.8 Å². The van der Waals surface area contributed by atoms with E-state index in [1.165, 1.54) is 0 Å². The number of aryl methyl sites for hydroxylation is 1. The molecular formula is C20H24ClNO2. The molecular weight excluding hydrogens is 322 g/mol. The molecule has 2 N–H and O–H groups in total. The molecule has 2 aromatic rings. The molecule has 2 rings (SSSR count). The largest absolute Gasteiger partial charge is 0.478 e. The second kappa shape index (κ2) is 8.32. The second-order valence-electron chi connectivity index (χ2n) is 6.50. The van der Waals surface area contributed by atoms with Crippen LogP contribution in [0.3, 0.4) is 0 Å². The molecule has 0 aromatic heterocycles. The average Bonchev–Trinajstić information content (AvgIpc) is 2.52. The first-order valence-electron chi connectivity index (χ1n) is 8.22. The van der Waals surface area contributed by atoms with E-state index < -0.39 is 5.97 Å². The molecule has 0 aliphatic heterocycles. The number of carboxylic acids is 1. The van der Waals surface area contributed by atoms with Gasteiger partial charge in [0.05, 0.1) is 5.56 Å². The minimum Gasteiger partial charge on any atom is -0.478 e. The smallest absolute Gasteiger partial charge is 0.335 e. The van der Waals surface area contributed by atoms with Crippen molar-refractivity contribution in [3.05, 3.63) is 58.1 Å². The Morgan fingerprint density at radius 1 is 1.21 bits per heavy atom. The van der Waals surface area contributed by atoms with E-state index in [4.69, 9.17) is 16.7 Å². The summed E-state index contributed by atoms with van der Waals surface area (Å²) in [5, 5.41) is 13.2. The van der Waals surface area contributed by atoms with Gasteiger partial charge in [-0.1, -0.05) is 43.6 Å². The van der Waals surface area contributed by atoms with Crippen LogP contribution in [0.25, 0.3) is 11.1 Å². The van der Waals surface area contributed by atoms with Crippen LogP contribution in [0.5, 0.6) is 0 Å². The Bertz CT molecular complexity index is 726. The van der Waals surface area contributed by atoms with Gasteiger partial charge in [0.1, 0.15) is 0 Å². The van der Waals surface area contributed by atoms with Crippen molar-refractivity contribution in [2.24, 2.45) is 5.92 Å². The first kappa shape index (κ1) is 18.5. The number of nitrogens with one attached hydrogen (secondary N) is 1. The minimum absolute atomic E-state index is 0.299. The van der Waals surface area contributed by atoms with Gasteiger partial charge in [-0.05, 0) is 66.3 Å². The lowest BCUT2D eigenvalue weighted by Gasteiger charge is -2.11. The summed E-state index contributed by atoms with van der Waals surface area (Å²) in [5.41, 5.74) is 4.30. The average molecular weight is 346 g/mol. The molecule has 0 bridgehead atoms. The normalized spacial score (nSPS) is 11.0. The number of rotatable bonds is 7. The Labute approximate surface area is 148 Å². The van der Waals surface area contributed by atoms with E-state index >= 15 is 0 Å². The molecule has 0 radical (unpaired) electrons. The van der Waals surface area contributed by atoms with Gasteiger partial charge in [-0.3, -0.25) is 0 Å². The zero-order valence-electron chi connectivity index (χ0n) is 14.4. The molecule has 0 saturated carbocycles. The monoisotopic (exact) mass is 345 g/mol. The van der Waals surface area contributed by atoms with Crippen LogP contribution in [0.2, 0.25) is 5.02 Å². The molecule has 0 unspecified atom stereocenters. The quantitative estimate of drug-likeness (QED) is 0.682. The highest BCUT2D eigenvalue weighted by Gasteiger charge is 2.09. The standard InChI is InChI=1S/C20H24ClNO2/c1-13(2)8-9-22-12-17-5-4-15(11-19(17)21)18-7-6-16(20(23)24)10-14(18)3/h4-7,10-11,13,22H,8-9,12H2,1-3H3,(H,23,24). The van der Waals surface area contributed by atoms with Gasteiger partial charge < -0.3 is 10.4 Å². The fourth-order valence-corrected chi connectivity index (χ4v) is 2.84. The topological polar surface area (TPSA) is 49.3 Å². The summed E-state index contributed by atoms with van der Waals surface area (Å²) < 4.78 is 0. The number of benzene rings is 2. The molecule has 24 heavy (non-hydrogen) atoms. The highest BCUT2D eigenvalue weighted by Crippen LogP contribution is 2.28. The van der Waals surface area contributed by atoms with Gasteiger partial charge in [-0.2, -0.15) is 0 Å². The first-order valence-corrected chi connectivity index (χ1v) is 8.59. The van der Waals surface area contributed by atoms with Crippen molar-refractivity contribution in [1.82, 2.24) is 5.32 Å². The maximum Gasteiger partial charge on any atom is 0.335 e. The Morgan fingerprint density at radius 3 is 2.54 bits per heavy atom. The Hall–Kier alpha value is -1.84. The summed E-state index contributed by atoms with van der Waals surface area (Å²) in [7, 11) is 0. The van der Waals surface area contributed by atoms with Gasteiger partial charge >= 0.3 is 5.97 Å². The van der Waals surface area contributed by atoms with Gasteiger partial charge in [-0.25, -0.2) is 4.79 Å². The minimum atomic E-state index is -0.912. The van der Waals surface area contributed by atoms with Gasteiger partial charge in [0, 0.05) is 11.6 Å². The second-order valence-corrected chi connectivity index (χ2v) is 6.91. The summed E-state index contributed by atoms with van der Waals surface area (Å²) in [4.78, 5) is 11.0. The zero-order chi connectivity index (χ0) is 17.7. The van der Waals surface area contributed by atoms with Crippen molar-refractivity contribution in [2.75, 3.05) is 6.54 Å². The lowest BCUT2D eigenvalue weighted by molar-refractivity contribution is 0.0697. The third-order valence-corrected chi connectivity index (χ3v) is 4.40. The highest BCUT2D eigenvalue weighted by molar-refractivity contribution is 6.31. The Kier molecular flexibility index (Phi) is 6.41. The summed E-state index contributed by atoms with van der Waals surface area (Å²) in [6.45, 7) is 8.06. The first-order chi connectivity index (χ1) is 11.4. The van der Waals surface area contributed by atoms with Crippen molar-refractivity contribution in [3.8, 4) is 11.1 Å². The van der Waals surface area contributed by atoms with Crippen LogP contribution in [-0.4, -0.2) is 17.6 Å². The van der Waals surface area contributed by atoms with Gasteiger partial charge in [-0.15, -0.1) is 0 Å². The summed E-state index contributed by atoms with van der Waals surface area (Å²) in [6.07, 6.45) is 1.14. The zero-order valence-corrected chi connectivity index (χ0v) is 15.2. The SMILES string of the molecule is Cc1cc(C(=O)O)ccc1-c1ccc(CNCCC(C)C)c(Cl)c1. The van der Waals surface area contributed by atoms with Crippen molar-refractivity contribution < 1.29 is 9.90 Å². The van der Waals surface area contributed by atoms with E-state index in [0.29, 0.717) is 11.5 Å². The van der Waals surface area contributed by atoms with Gasteiger partial charge in [0.15, 0.2) is 0 Å². The summed E-state index contributed by atoms with van der Waals surface area (Å²) in [6, 6.07) is 11.2. The Morgan fingerprint density at radius 2 is 1.96 bits per heavy atom. The molecule has 3 nitrogen and oxygen atoms in total. The molecule has 0 spiro atoms. The maximum atomic E-state index is 11.0. The van der Waals surface area contributed by atoms with Gasteiger partial charge in [0.2, 0.25) is 0 Å². The summed E-state index contributed by atoms with van der Waals surface area (Å²) >= 11 is 6.42. The molecule has 2 aromatic carbocycles. The lowest BCUT2D eigenvalue weighted by Crippen LogP contribution is -2.16. The van der Waals surface area contributed by atoms with Crippen LogP contribution in [0.4, 0.5) is 0 Å². The molecule has 0 aliphatic carbocycles. The highest BCUT2D eigenvalue weighted by atomic mass is 35.5. The molecule has 0 aliphatic rings. The number of aromatic carboxylic acids is 1.